The average Bonchev–Trinajstić information content (AvgIpc) is 3.38. The van der Waals surface area contributed by atoms with E-state index in [2.05, 4.69) is 10.5 Å². The van der Waals surface area contributed by atoms with E-state index >= 15 is 0 Å². The van der Waals surface area contributed by atoms with Gasteiger partial charge in [0.2, 0.25) is 11.5 Å². The number of aromatic nitrogens is 1. The van der Waals surface area contributed by atoms with Crippen molar-refractivity contribution in [3.63, 3.8) is 0 Å². The van der Waals surface area contributed by atoms with Gasteiger partial charge in [0.25, 0.3) is 11.8 Å². The Labute approximate surface area is 214 Å². The number of allylic oxidation sites excluding steroid dienone is 1. The van der Waals surface area contributed by atoms with Gasteiger partial charge in [0, 0.05) is 23.2 Å². The molecule has 1 aromatic carbocycles. The van der Waals surface area contributed by atoms with Gasteiger partial charge in [-0.05, 0) is 50.6 Å². The van der Waals surface area contributed by atoms with Crippen molar-refractivity contribution in [2.45, 2.75) is 24.5 Å². The summed E-state index contributed by atoms with van der Waals surface area (Å²) in [6, 6.07) is 2.83. The van der Waals surface area contributed by atoms with Crippen LogP contribution < -0.4 is 11.1 Å². The standard InChI is InChI=1S/C25H24N4O9/c1-29(2)18-11-8-9-7-10-12(28-24(36)14-5-6-27-38-14)3-4-13(30)16(10)19(31)15(9)21(33)25(11,37)22(34)17(20(18)32)23(26)35/h3-6,9,11,18,30,32-33,37H,7-8H2,1-2H3,(H2,26,35)(H,28,36)/t9-,11-,18-,25-/m0/s1. The first-order chi connectivity index (χ1) is 17.9. The number of aromatic hydroxyl groups is 1. The summed E-state index contributed by atoms with van der Waals surface area (Å²) in [5.74, 6) is -8.19. The van der Waals surface area contributed by atoms with E-state index in [1.165, 1.54) is 29.3 Å². The Kier molecular flexibility index (Phi) is 5.65. The number of rotatable bonds is 4. The van der Waals surface area contributed by atoms with Gasteiger partial charge in [0.15, 0.2) is 11.4 Å². The zero-order chi connectivity index (χ0) is 27.7. The normalized spacial score (nSPS) is 26.7. The predicted molar refractivity (Wildman–Crippen MR) is 128 cm³/mol. The van der Waals surface area contributed by atoms with E-state index in [0.29, 0.717) is 0 Å². The van der Waals surface area contributed by atoms with E-state index in [-0.39, 0.29) is 41.0 Å². The fraction of sp³-hybridized carbons (Fsp3) is 0.320. The molecule has 198 valence electrons. The molecule has 7 N–H and O–H groups in total. The van der Waals surface area contributed by atoms with Crippen molar-refractivity contribution in [3.8, 4) is 5.75 Å². The topological polar surface area (TPSA) is 217 Å². The quantitative estimate of drug-likeness (QED) is 0.237. The maximum absolute atomic E-state index is 13.7. The van der Waals surface area contributed by atoms with Gasteiger partial charge < -0.3 is 36.0 Å². The summed E-state index contributed by atoms with van der Waals surface area (Å²) in [7, 11) is 3.09. The molecular formula is C25H24N4O9. The Morgan fingerprint density at radius 3 is 2.50 bits per heavy atom. The first-order valence-corrected chi connectivity index (χ1v) is 11.6. The van der Waals surface area contributed by atoms with Crippen molar-refractivity contribution in [3.05, 3.63) is 63.9 Å². The van der Waals surface area contributed by atoms with Gasteiger partial charge in [-0.3, -0.25) is 24.1 Å². The second-order valence-electron chi connectivity index (χ2n) is 9.78. The summed E-state index contributed by atoms with van der Waals surface area (Å²) in [5.41, 5.74) is 1.68. The van der Waals surface area contributed by atoms with Crippen LogP contribution in [0, 0.1) is 11.8 Å². The molecule has 2 aromatic rings. The van der Waals surface area contributed by atoms with Crippen molar-refractivity contribution in [1.82, 2.24) is 10.1 Å². The number of nitrogens with zero attached hydrogens (tertiary/aromatic N) is 2. The van der Waals surface area contributed by atoms with Crippen molar-refractivity contribution in [2.24, 2.45) is 17.6 Å². The lowest BCUT2D eigenvalue weighted by molar-refractivity contribution is -0.148. The molecule has 0 radical (unpaired) electrons. The van der Waals surface area contributed by atoms with Crippen molar-refractivity contribution in [2.75, 3.05) is 19.4 Å². The fourth-order valence-corrected chi connectivity index (χ4v) is 5.88. The van der Waals surface area contributed by atoms with Crippen LogP contribution in [0.1, 0.15) is 32.9 Å². The van der Waals surface area contributed by atoms with Gasteiger partial charge in [-0.2, -0.15) is 0 Å². The van der Waals surface area contributed by atoms with Gasteiger partial charge in [-0.1, -0.05) is 5.16 Å². The van der Waals surface area contributed by atoms with E-state index in [1.807, 2.05) is 0 Å². The van der Waals surface area contributed by atoms with E-state index < -0.39 is 69.7 Å². The number of primary amides is 1. The average molecular weight is 524 g/mol. The third-order valence-electron chi connectivity index (χ3n) is 7.52. The zero-order valence-corrected chi connectivity index (χ0v) is 20.3. The van der Waals surface area contributed by atoms with Crippen LogP contribution in [0.4, 0.5) is 5.69 Å². The van der Waals surface area contributed by atoms with Crippen molar-refractivity contribution in [1.29, 1.82) is 0 Å². The number of fused-ring (bicyclic) bond motifs is 3. The third-order valence-corrected chi connectivity index (χ3v) is 7.52. The third kappa shape index (κ3) is 3.35. The molecule has 4 atom stereocenters. The molecule has 0 aliphatic heterocycles. The largest absolute Gasteiger partial charge is 0.510 e. The van der Waals surface area contributed by atoms with Crippen molar-refractivity contribution < 1.29 is 44.1 Å². The number of carbonyl (C=O) groups excluding carboxylic acids is 4. The highest BCUT2D eigenvalue weighted by Crippen LogP contribution is 2.52. The molecule has 3 aliphatic carbocycles. The summed E-state index contributed by atoms with van der Waals surface area (Å²) in [5, 5.41) is 50.4. The molecule has 1 aromatic heterocycles. The fourth-order valence-electron chi connectivity index (χ4n) is 5.88. The number of phenols is 1. The highest BCUT2D eigenvalue weighted by molar-refractivity contribution is 6.25. The van der Waals surface area contributed by atoms with Gasteiger partial charge in [-0.25, -0.2) is 0 Å². The first kappa shape index (κ1) is 25.2. The number of ketones is 2. The number of Topliss-reactive ketones (excluding diaryl/α,β-unsaturated/α-hetero) is 2. The van der Waals surface area contributed by atoms with Crippen LogP contribution in [0.2, 0.25) is 0 Å². The van der Waals surface area contributed by atoms with Crippen LogP contribution in [-0.4, -0.2) is 79.6 Å². The van der Waals surface area contributed by atoms with Gasteiger partial charge in [0.05, 0.1) is 17.8 Å². The number of likely N-dealkylation sites (N-methyl/N-ethyl adjacent to an activating group) is 1. The first-order valence-electron chi connectivity index (χ1n) is 11.6. The van der Waals surface area contributed by atoms with Gasteiger partial charge in [0.1, 0.15) is 22.8 Å². The Hall–Kier alpha value is -4.49. The lowest BCUT2D eigenvalue weighted by Crippen LogP contribution is -2.63. The van der Waals surface area contributed by atoms with E-state index in [1.54, 1.807) is 14.1 Å². The number of amides is 2. The number of aliphatic hydroxyl groups excluding tert-OH is 2. The molecule has 13 nitrogen and oxygen atoms in total. The Bertz CT molecular complexity index is 1470. The van der Waals surface area contributed by atoms with Crippen LogP contribution in [0.3, 0.4) is 0 Å². The number of phenolic OH excluding ortho intramolecular Hbond substituents is 1. The molecule has 0 fully saturated rings. The summed E-state index contributed by atoms with van der Waals surface area (Å²) >= 11 is 0. The second kappa shape index (κ2) is 8.53. The molecule has 2 amide bonds. The molecule has 5 rings (SSSR count). The number of anilines is 1. The summed E-state index contributed by atoms with van der Waals surface area (Å²) in [6.45, 7) is 0. The maximum Gasteiger partial charge on any atom is 0.294 e. The highest BCUT2D eigenvalue weighted by atomic mass is 16.5. The number of nitrogens with two attached hydrogens (primary N) is 1. The number of aliphatic hydroxyl groups is 3. The van der Waals surface area contributed by atoms with Crippen LogP contribution in [-0.2, 0) is 16.0 Å². The zero-order valence-electron chi connectivity index (χ0n) is 20.3. The van der Waals surface area contributed by atoms with Crippen LogP contribution in [0.15, 0.2) is 51.6 Å². The molecule has 0 bridgehead atoms. The molecule has 13 heteroatoms. The summed E-state index contributed by atoms with van der Waals surface area (Å²) in [6.07, 6.45) is 1.24. The van der Waals surface area contributed by atoms with E-state index in [4.69, 9.17) is 10.3 Å². The molecule has 1 heterocycles. The number of carbonyl (C=O) groups is 4. The lowest BCUT2D eigenvalue weighted by atomic mass is 9.58. The second-order valence-corrected chi connectivity index (χ2v) is 9.78. The minimum atomic E-state index is -2.72. The lowest BCUT2D eigenvalue weighted by Gasteiger charge is -2.50. The number of benzene rings is 1. The molecule has 0 saturated heterocycles. The SMILES string of the molecule is CN(C)[C@@H]1C(O)=C(C(N)=O)C(=O)[C@@]2(O)C(O)=C3C(=O)c4c(O)ccc(NC(=O)c5ccno5)c4C[C@H]3C[C@@H]12. The van der Waals surface area contributed by atoms with Crippen LogP contribution in [0.5, 0.6) is 5.75 Å². The molecule has 3 aliphatic rings. The van der Waals surface area contributed by atoms with Crippen molar-refractivity contribution >= 4 is 29.1 Å². The smallest absolute Gasteiger partial charge is 0.294 e. The molecule has 0 unspecified atom stereocenters. The van der Waals surface area contributed by atoms with E-state index in [0.717, 1.165) is 0 Å². The molecule has 0 saturated carbocycles. The Morgan fingerprint density at radius 1 is 1.18 bits per heavy atom. The predicted octanol–water partition coefficient (Wildman–Crippen LogP) is 0.361. The minimum absolute atomic E-state index is 0.0228. The van der Waals surface area contributed by atoms with Gasteiger partial charge in [-0.15, -0.1) is 0 Å². The van der Waals surface area contributed by atoms with Crippen LogP contribution in [0.25, 0.3) is 0 Å². The Morgan fingerprint density at radius 2 is 1.89 bits per heavy atom. The number of nitrogens with one attached hydrogen (secondary N) is 1. The monoisotopic (exact) mass is 524 g/mol. The maximum atomic E-state index is 13.7. The number of hydrogen-bond donors (Lipinski definition) is 6. The Balaban J connectivity index is 1.65. The van der Waals surface area contributed by atoms with E-state index in [9.17, 15) is 39.6 Å². The summed E-state index contributed by atoms with van der Waals surface area (Å²) in [4.78, 5) is 53.0. The van der Waals surface area contributed by atoms with Crippen LogP contribution >= 0.6 is 0 Å². The highest BCUT2D eigenvalue weighted by Gasteiger charge is 2.63. The molecular weight excluding hydrogens is 500 g/mol. The number of hydrogen-bond acceptors (Lipinski definition) is 11. The minimum Gasteiger partial charge on any atom is -0.510 e. The molecule has 38 heavy (non-hydrogen) atoms. The van der Waals surface area contributed by atoms with Gasteiger partial charge >= 0.3 is 0 Å². The molecule has 0 spiro atoms. The summed E-state index contributed by atoms with van der Waals surface area (Å²) < 4.78 is 4.86.